The number of rotatable bonds is 4. The predicted molar refractivity (Wildman–Crippen MR) is 42.0 cm³/mol. The van der Waals surface area contributed by atoms with Gasteiger partial charge in [-0.05, 0) is 6.92 Å². The van der Waals surface area contributed by atoms with Gasteiger partial charge in [-0.1, -0.05) is 6.58 Å². The highest BCUT2D eigenvalue weighted by molar-refractivity contribution is 6.18. The van der Waals surface area contributed by atoms with Crippen molar-refractivity contribution in [2.24, 2.45) is 4.99 Å². The molecular weight excluding hydrogens is 136 g/mol. The van der Waals surface area contributed by atoms with Crippen molar-refractivity contribution in [2.45, 2.75) is 13.0 Å². The van der Waals surface area contributed by atoms with Crippen LogP contribution >= 0.6 is 11.6 Å². The minimum absolute atomic E-state index is 0.273. The molecular formula is C6H11ClN2. The molecule has 2 nitrogen and oxygen atoms in total. The van der Waals surface area contributed by atoms with E-state index in [2.05, 4.69) is 16.9 Å². The van der Waals surface area contributed by atoms with Crippen LogP contribution in [0.2, 0.25) is 0 Å². The molecule has 1 N–H and O–H groups in total. The van der Waals surface area contributed by atoms with Crippen molar-refractivity contribution in [2.75, 3.05) is 5.88 Å². The Labute approximate surface area is 60.6 Å². The fourth-order valence-corrected chi connectivity index (χ4v) is 0.357. The third-order valence-electron chi connectivity index (χ3n) is 0.770. The van der Waals surface area contributed by atoms with E-state index in [1.54, 1.807) is 6.34 Å². The molecule has 0 aromatic rings. The van der Waals surface area contributed by atoms with Gasteiger partial charge in [-0.3, -0.25) is 0 Å². The minimum atomic E-state index is 0.273. The third kappa shape index (κ3) is 5.37. The molecule has 0 aliphatic heterocycles. The monoisotopic (exact) mass is 146 g/mol. The Kier molecular flexibility index (Phi) is 5.32. The van der Waals surface area contributed by atoms with E-state index in [0.29, 0.717) is 5.88 Å². The lowest BCUT2D eigenvalue weighted by Gasteiger charge is -2.03. The van der Waals surface area contributed by atoms with Crippen LogP contribution in [0.1, 0.15) is 6.92 Å². The van der Waals surface area contributed by atoms with Crippen molar-refractivity contribution in [3.05, 3.63) is 12.8 Å². The van der Waals surface area contributed by atoms with Gasteiger partial charge >= 0.3 is 0 Å². The zero-order chi connectivity index (χ0) is 7.11. The maximum Gasteiger partial charge on any atom is 0.0881 e. The Hall–Kier alpha value is -0.500. The summed E-state index contributed by atoms with van der Waals surface area (Å²) in [6.07, 6.45) is 3.05. The summed E-state index contributed by atoms with van der Waals surface area (Å²) in [5.74, 6) is 0.586. The smallest absolute Gasteiger partial charge is 0.0881 e. The fourth-order valence-electron chi connectivity index (χ4n) is 0.268. The Balaban J connectivity index is 3.25. The number of alkyl halides is 1. The molecule has 0 saturated carbocycles. The fraction of sp³-hybridized carbons (Fsp3) is 0.500. The summed E-state index contributed by atoms with van der Waals surface area (Å²) in [6, 6.07) is 0.273. The largest absolute Gasteiger partial charge is 0.372 e. The van der Waals surface area contributed by atoms with Crippen LogP contribution in [0.25, 0.3) is 0 Å². The molecule has 1 atom stereocenters. The first-order valence-corrected chi connectivity index (χ1v) is 3.29. The molecule has 0 rings (SSSR count). The number of aliphatic imine (C=N–C) groups is 1. The Bertz CT molecular complexity index is 101. The highest BCUT2D eigenvalue weighted by Crippen LogP contribution is 1.82. The lowest BCUT2D eigenvalue weighted by Crippen LogP contribution is -2.25. The van der Waals surface area contributed by atoms with E-state index in [1.807, 2.05) is 6.92 Å². The summed E-state index contributed by atoms with van der Waals surface area (Å²) < 4.78 is 0. The molecule has 52 valence electrons. The lowest BCUT2D eigenvalue weighted by atomic mass is 10.4. The van der Waals surface area contributed by atoms with Gasteiger partial charge in [0.15, 0.2) is 0 Å². The summed E-state index contributed by atoms with van der Waals surface area (Å²) in [5.41, 5.74) is 0. The number of halogens is 1. The van der Waals surface area contributed by atoms with E-state index in [0.717, 1.165) is 0 Å². The van der Waals surface area contributed by atoms with Crippen LogP contribution in [-0.4, -0.2) is 18.3 Å². The molecule has 0 fully saturated rings. The van der Waals surface area contributed by atoms with Crippen molar-refractivity contribution in [3.63, 3.8) is 0 Å². The predicted octanol–water partition coefficient (Wildman–Crippen LogP) is 1.38. The third-order valence-corrected chi connectivity index (χ3v) is 1.23. The van der Waals surface area contributed by atoms with Gasteiger partial charge in [-0.15, -0.1) is 11.6 Å². The topological polar surface area (TPSA) is 24.4 Å². The summed E-state index contributed by atoms with van der Waals surface area (Å²) in [7, 11) is 0. The molecule has 0 spiro atoms. The minimum Gasteiger partial charge on any atom is -0.372 e. The standard InChI is InChI=1S/C6H11ClN2/c1-3-8-5-9-6(2)4-7/h3,5-6H,1,4H2,2H3,(H,8,9). The number of nitrogens with zero attached hydrogens (tertiary/aromatic N) is 1. The Morgan fingerprint density at radius 2 is 2.56 bits per heavy atom. The molecule has 0 aromatic heterocycles. The van der Waals surface area contributed by atoms with Crippen molar-refractivity contribution >= 4 is 17.9 Å². The van der Waals surface area contributed by atoms with Crippen molar-refractivity contribution < 1.29 is 0 Å². The Morgan fingerprint density at radius 3 is 3.00 bits per heavy atom. The lowest BCUT2D eigenvalue weighted by molar-refractivity contribution is 0.750. The molecule has 0 aliphatic carbocycles. The first-order chi connectivity index (χ1) is 4.31. The number of nitrogens with one attached hydrogen (secondary N) is 1. The van der Waals surface area contributed by atoms with Crippen molar-refractivity contribution in [1.82, 2.24) is 5.32 Å². The van der Waals surface area contributed by atoms with Gasteiger partial charge in [-0.2, -0.15) is 0 Å². The van der Waals surface area contributed by atoms with Crippen LogP contribution in [0.5, 0.6) is 0 Å². The second kappa shape index (κ2) is 5.63. The van der Waals surface area contributed by atoms with Crippen LogP contribution in [0, 0.1) is 0 Å². The molecule has 1 unspecified atom stereocenters. The molecule has 3 heteroatoms. The van der Waals surface area contributed by atoms with Crippen molar-refractivity contribution in [1.29, 1.82) is 0 Å². The van der Waals surface area contributed by atoms with E-state index in [1.165, 1.54) is 6.20 Å². The second-order valence-electron chi connectivity index (χ2n) is 1.68. The molecule has 9 heavy (non-hydrogen) atoms. The van der Waals surface area contributed by atoms with Gasteiger partial charge in [0.2, 0.25) is 0 Å². The van der Waals surface area contributed by atoms with E-state index in [-0.39, 0.29) is 6.04 Å². The van der Waals surface area contributed by atoms with Crippen LogP contribution in [0.3, 0.4) is 0 Å². The van der Waals surface area contributed by atoms with Gasteiger partial charge in [0.25, 0.3) is 0 Å². The molecule has 0 saturated heterocycles. The summed E-state index contributed by atoms with van der Waals surface area (Å²) in [4.78, 5) is 3.73. The van der Waals surface area contributed by atoms with E-state index in [9.17, 15) is 0 Å². The first-order valence-electron chi connectivity index (χ1n) is 2.75. The second-order valence-corrected chi connectivity index (χ2v) is 1.99. The maximum atomic E-state index is 5.48. The first kappa shape index (κ1) is 8.50. The van der Waals surface area contributed by atoms with E-state index in [4.69, 9.17) is 11.6 Å². The number of hydrogen-bond donors (Lipinski definition) is 1. The van der Waals surface area contributed by atoms with Crippen LogP contribution in [-0.2, 0) is 0 Å². The quantitative estimate of drug-likeness (QED) is 0.362. The summed E-state index contributed by atoms with van der Waals surface area (Å²) in [5, 5.41) is 2.94. The highest BCUT2D eigenvalue weighted by atomic mass is 35.5. The summed E-state index contributed by atoms with van der Waals surface area (Å²) >= 11 is 5.48. The summed E-state index contributed by atoms with van der Waals surface area (Å²) in [6.45, 7) is 5.39. The van der Waals surface area contributed by atoms with Crippen LogP contribution in [0.15, 0.2) is 17.8 Å². The molecule has 0 heterocycles. The van der Waals surface area contributed by atoms with E-state index >= 15 is 0 Å². The molecule has 0 amide bonds. The van der Waals surface area contributed by atoms with E-state index < -0.39 is 0 Å². The normalized spacial score (nSPS) is 13.6. The van der Waals surface area contributed by atoms with Gasteiger partial charge in [0, 0.05) is 18.1 Å². The molecule has 0 bridgehead atoms. The SMILES string of the molecule is C=C/N=C\NC(C)CCl. The Morgan fingerprint density at radius 1 is 1.89 bits per heavy atom. The van der Waals surface area contributed by atoms with Gasteiger partial charge in [0.1, 0.15) is 0 Å². The van der Waals surface area contributed by atoms with Crippen molar-refractivity contribution in [3.8, 4) is 0 Å². The molecule has 0 aromatic carbocycles. The van der Waals surface area contributed by atoms with Crippen LogP contribution < -0.4 is 5.32 Å². The average Bonchev–Trinajstić information content (AvgIpc) is 1.89. The molecule has 0 aliphatic rings. The van der Waals surface area contributed by atoms with Crippen LogP contribution in [0.4, 0.5) is 0 Å². The molecule has 0 radical (unpaired) electrons. The van der Waals surface area contributed by atoms with Gasteiger partial charge < -0.3 is 5.32 Å². The van der Waals surface area contributed by atoms with Gasteiger partial charge in [-0.25, -0.2) is 4.99 Å². The highest BCUT2D eigenvalue weighted by Gasteiger charge is 1.91. The maximum absolute atomic E-state index is 5.48. The number of hydrogen-bond acceptors (Lipinski definition) is 1. The zero-order valence-corrected chi connectivity index (χ0v) is 6.23. The van der Waals surface area contributed by atoms with Gasteiger partial charge in [0.05, 0.1) is 6.34 Å². The average molecular weight is 147 g/mol. The zero-order valence-electron chi connectivity index (χ0n) is 5.47.